The van der Waals surface area contributed by atoms with Gasteiger partial charge in [0.15, 0.2) is 5.96 Å². The number of morpholine rings is 1. The number of hydrogen-bond donors (Lipinski definition) is 2. The first-order valence-corrected chi connectivity index (χ1v) is 10.5. The Kier molecular flexibility index (Phi) is 10.2. The lowest BCUT2D eigenvalue weighted by Gasteiger charge is -2.29. The average Bonchev–Trinajstić information content (AvgIpc) is 2.75. The number of aliphatic imine (C=N–C) groups is 1. The molecule has 1 aromatic rings. The third kappa shape index (κ3) is 8.02. The fourth-order valence-electron chi connectivity index (χ4n) is 3.13. The van der Waals surface area contributed by atoms with Crippen LogP contribution in [-0.4, -0.2) is 59.1 Å². The Balaban J connectivity index is 1.91. The molecular formula is C21H33F3N4O2. The number of alkyl halides is 3. The number of benzene rings is 1. The second kappa shape index (κ2) is 12.6. The van der Waals surface area contributed by atoms with E-state index in [1.54, 1.807) is 13.1 Å². The highest BCUT2D eigenvalue weighted by Gasteiger charge is 2.34. The SMILES string of the molecule is CCCCOCCCNC(=NC)NCc1ccc(N2CCOCC2)cc1C(F)(F)F. The van der Waals surface area contributed by atoms with Crippen LogP contribution in [0, 0.1) is 0 Å². The zero-order valence-electron chi connectivity index (χ0n) is 17.9. The summed E-state index contributed by atoms with van der Waals surface area (Å²) in [6.45, 7) is 6.41. The van der Waals surface area contributed by atoms with Crippen molar-refractivity contribution in [3.05, 3.63) is 29.3 Å². The van der Waals surface area contributed by atoms with Gasteiger partial charge in [0.05, 0.1) is 18.8 Å². The molecule has 1 heterocycles. The number of anilines is 1. The van der Waals surface area contributed by atoms with Gasteiger partial charge in [-0.3, -0.25) is 4.99 Å². The van der Waals surface area contributed by atoms with Crippen LogP contribution in [0.4, 0.5) is 18.9 Å². The molecule has 1 fully saturated rings. The van der Waals surface area contributed by atoms with Crippen molar-refractivity contribution in [1.82, 2.24) is 10.6 Å². The van der Waals surface area contributed by atoms with Crippen molar-refractivity contribution >= 4 is 11.6 Å². The topological polar surface area (TPSA) is 58.1 Å². The molecule has 0 atom stereocenters. The van der Waals surface area contributed by atoms with Gasteiger partial charge in [0.1, 0.15) is 0 Å². The van der Waals surface area contributed by atoms with Gasteiger partial charge in [-0.1, -0.05) is 19.4 Å². The molecule has 9 heteroatoms. The lowest BCUT2D eigenvalue weighted by atomic mass is 10.0. The first-order chi connectivity index (χ1) is 14.5. The van der Waals surface area contributed by atoms with Crippen LogP contribution in [0.3, 0.4) is 0 Å². The van der Waals surface area contributed by atoms with Crippen LogP contribution >= 0.6 is 0 Å². The summed E-state index contributed by atoms with van der Waals surface area (Å²) in [5.41, 5.74) is 0.129. The lowest BCUT2D eigenvalue weighted by Crippen LogP contribution is -2.38. The van der Waals surface area contributed by atoms with Crippen molar-refractivity contribution < 1.29 is 22.6 Å². The van der Waals surface area contributed by atoms with Gasteiger partial charge < -0.3 is 25.0 Å². The average molecular weight is 431 g/mol. The maximum atomic E-state index is 13.6. The standard InChI is InChI=1S/C21H33F3N4O2/c1-3-4-11-29-12-5-8-26-20(25-2)27-16-17-6-7-18(15-19(17)21(22,23)24)28-9-13-30-14-10-28/h6-7,15H,3-5,8-14,16H2,1-2H3,(H2,25,26,27). The molecule has 0 amide bonds. The summed E-state index contributed by atoms with van der Waals surface area (Å²) in [6.07, 6.45) is -1.48. The highest BCUT2D eigenvalue weighted by Crippen LogP contribution is 2.35. The first kappa shape index (κ1) is 24.3. The van der Waals surface area contributed by atoms with Crippen molar-refractivity contribution in [3.63, 3.8) is 0 Å². The first-order valence-electron chi connectivity index (χ1n) is 10.5. The van der Waals surface area contributed by atoms with Crippen LogP contribution in [0.25, 0.3) is 0 Å². The number of nitrogens with one attached hydrogen (secondary N) is 2. The predicted octanol–water partition coefficient (Wildman–Crippen LogP) is 3.41. The van der Waals surface area contributed by atoms with Gasteiger partial charge in [-0.25, -0.2) is 0 Å². The molecule has 0 bridgehead atoms. The molecule has 0 spiro atoms. The smallest absolute Gasteiger partial charge is 0.381 e. The molecule has 0 aromatic heterocycles. The van der Waals surface area contributed by atoms with Crippen LogP contribution in [0.1, 0.15) is 37.3 Å². The summed E-state index contributed by atoms with van der Waals surface area (Å²) in [7, 11) is 1.60. The molecule has 0 unspecified atom stereocenters. The number of rotatable bonds is 10. The number of unbranched alkanes of at least 4 members (excludes halogenated alkanes) is 1. The number of hydrogen-bond acceptors (Lipinski definition) is 4. The summed E-state index contributed by atoms with van der Waals surface area (Å²) < 4.78 is 51.7. The Hall–Kier alpha value is -2.00. The minimum Gasteiger partial charge on any atom is -0.381 e. The van der Waals surface area contributed by atoms with E-state index in [1.807, 2.05) is 4.90 Å². The van der Waals surface area contributed by atoms with Gasteiger partial charge in [0, 0.05) is 52.1 Å². The molecule has 0 radical (unpaired) electrons. The van der Waals surface area contributed by atoms with E-state index in [0.717, 1.165) is 25.9 Å². The molecule has 30 heavy (non-hydrogen) atoms. The number of nitrogens with zero attached hydrogens (tertiary/aromatic N) is 2. The zero-order valence-corrected chi connectivity index (χ0v) is 17.9. The van der Waals surface area contributed by atoms with Gasteiger partial charge in [0.25, 0.3) is 0 Å². The van der Waals surface area contributed by atoms with Crippen molar-refractivity contribution in [2.45, 2.75) is 38.9 Å². The van der Waals surface area contributed by atoms with E-state index in [2.05, 4.69) is 22.5 Å². The quantitative estimate of drug-likeness (QED) is 0.339. The number of ether oxygens (including phenoxy) is 2. The molecule has 1 aromatic carbocycles. The molecule has 0 aliphatic carbocycles. The summed E-state index contributed by atoms with van der Waals surface area (Å²) >= 11 is 0. The van der Waals surface area contributed by atoms with Crippen LogP contribution < -0.4 is 15.5 Å². The Morgan fingerprint density at radius 1 is 1.17 bits per heavy atom. The zero-order chi connectivity index (χ0) is 21.8. The third-order valence-electron chi connectivity index (χ3n) is 4.85. The fourth-order valence-corrected chi connectivity index (χ4v) is 3.13. The van der Waals surface area contributed by atoms with Gasteiger partial charge in [-0.05, 0) is 30.5 Å². The van der Waals surface area contributed by atoms with E-state index in [-0.39, 0.29) is 12.1 Å². The van der Waals surface area contributed by atoms with Crippen molar-refractivity contribution in [2.24, 2.45) is 4.99 Å². The maximum Gasteiger partial charge on any atom is 0.416 e. The van der Waals surface area contributed by atoms with Crippen molar-refractivity contribution in [2.75, 3.05) is 58.0 Å². The van der Waals surface area contributed by atoms with Gasteiger partial charge in [-0.15, -0.1) is 0 Å². The Labute approximate surface area is 176 Å². The van der Waals surface area contributed by atoms with Crippen molar-refractivity contribution in [1.29, 1.82) is 0 Å². The van der Waals surface area contributed by atoms with Crippen LogP contribution in [0.15, 0.2) is 23.2 Å². The highest BCUT2D eigenvalue weighted by atomic mass is 19.4. The van der Waals surface area contributed by atoms with Crippen LogP contribution in [0.2, 0.25) is 0 Å². The molecular weight excluding hydrogens is 397 g/mol. The number of halogens is 3. The molecule has 0 saturated carbocycles. The summed E-state index contributed by atoms with van der Waals surface area (Å²) in [5.74, 6) is 0.467. The van der Waals surface area contributed by atoms with Crippen LogP contribution in [-0.2, 0) is 22.2 Å². The molecule has 2 rings (SSSR count). The van der Waals surface area contributed by atoms with E-state index < -0.39 is 11.7 Å². The van der Waals surface area contributed by atoms with Gasteiger partial charge in [-0.2, -0.15) is 13.2 Å². The Bertz CT molecular complexity index is 662. The van der Waals surface area contributed by atoms with E-state index >= 15 is 0 Å². The normalized spacial score (nSPS) is 15.4. The predicted molar refractivity (Wildman–Crippen MR) is 113 cm³/mol. The molecule has 6 nitrogen and oxygen atoms in total. The van der Waals surface area contributed by atoms with Gasteiger partial charge >= 0.3 is 6.18 Å². The van der Waals surface area contributed by atoms with Crippen LogP contribution in [0.5, 0.6) is 0 Å². The van der Waals surface area contributed by atoms with E-state index in [1.165, 1.54) is 12.1 Å². The third-order valence-corrected chi connectivity index (χ3v) is 4.85. The van der Waals surface area contributed by atoms with E-state index in [4.69, 9.17) is 9.47 Å². The molecule has 1 aliphatic heterocycles. The maximum absolute atomic E-state index is 13.6. The second-order valence-corrected chi connectivity index (χ2v) is 7.11. The minimum atomic E-state index is -4.42. The highest BCUT2D eigenvalue weighted by molar-refractivity contribution is 5.79. The largest absolute Gasteiger partial charge is 0.416 e. The summed E-state index contributed by atoms with van der Waals surface area (Å²) in [6, 6.07) is 4.50. The molecule has 2 N–H and O–H groups in total. The second-order valence-electron chi connectivity index (χ2n) is 7.11. The summed E-state index contributed by atoms with van der Waals surface area (Å²) in [4.78, 5) is 6.00. The summed E-state index contributed by atoms with van der Waals surface area (Å²) in [5, 5.41) is 6.08. The molecule has 170 valence electrons. The number of guanidine groups is 1. The fraction of sp³-hybridized carbons (Fsp3) is 0.667. The Morgan fingerprint density at radius 2 is 1.90 bits per heavy atom. The lowest BCUT2D eigenvalue weighted by molar-refractivity contribution is -0.138. The van der Waals surface area contributed by atoms with Crippen molar-refractivity contribution in [3.8, 4) is 0 Å². The van der Waals surface area contributed by atoms with E-state index in [9.17, 15) is 13.2 Å². The Morgan fingerprint density at radius 3 is 2.57 bits per heavy atom. The molecule has 1 aliphatic rings. The minimum absolute atomic E-state index is 0.0326. The van der Waals surface area contributed by atoms with E-state index in [0.29, 0.717) is 51.1 Å². The van der Waals surface area contributed by atoms with Gasteiger partial charge in [0.2, 0.25) is 0 Å². The molecule has 1 saturated heterocycles. The monoisotopic (exact) mass is 430 g/mol.